The SMILES string of the molecule is C[C@@H]1CN(Cc2ccc(-n3ccc(N)nc3=O)cc2)CC[C@H]1N. The van der Waals surface area contributed by atoms with Gasteiger partial charge in [-0.1, -0.05) is 19.1 Å². The minimum absolute atomic E-state index is 0.236. The lowest BCUT2D eigenvalue weighted by Crippen LogP contribution is -2.45. The number of nitrogen functional groups attached to an aromatic ring is 1. The summed E-state index contributed by atoms with van der Waals surface area (Å²) in [7, 11) is 0. The molecule has 0 unspecified atom stereocenters. The third-order valence-electron chi connectivity index (χ3n) is 4.50. The largest absolute Gasteiger partial charge is 0.383 e. The first kappa shape index (κ1) is 15.7. The third-order valence-corrected chi connectivity index (χ3v) is 4.50. The lowest BCUT2D eigenvalue weighted by Gasteiger charge is -2.35. The fourth-order valence-electron chi connectivity index (χ4n) is 3.03. The number of hydrogen-bond donors (Lipinski definition) is 2. The van der Waals surface area contributed by atoms with Gasteiger partial charge in [0.15, 0.2) is 0 Å². The van der Waals surface area contributed by atoms with Gasteiger partial charge in [-0.05, 0) is 42.6 Å². The van der Waals surface area contributed by atoms with E-state index < -0.39 is 0 Å². The van der Waals surface area contributed by atoms with Crippen molar-refractivity contribution in [3.05, 3.63) is 52.6 Å². The van der Waals surface area contributed by atoms with Gasteiger partial charge < -0.3 is 11.5 Å². The van der Waals surface area contributed by atoms with Crippen molar-refractivity contribution in [3.8, 4) is 5.69 Å². The van der Waals surface area contributed by atoms with E-state index in [0.717, 1.165) is 31.7 Å². The Morgan fingerprint density at radius 3 is 2.65 bits per heavy atom. The summed E-state index contributed by atoms with van der Waals surface area (Å²) in [5, 5.41) is 0. The first-order valence-electron chi connectivity index (χ1n) is 7.95. The number of anilines is 1. The molecular weight excluding hydrogens is 290 g/mol. The molecule has 1 aliphatic rings. The molecule has 122 valence electrons. The Morgan fingerprint density at radius 2 is 2.00 bits per heavy atom. The van der Waals surface area contributed by atoms with Crippen LogP contribution in [-0.2, 0) is 6.54 Å². The molecule has 1 saturated heterocycles. The van der Waals surface area contributed by atoms with Gasteiger partial charge in [-0.2, -0.15) is 4.98 Å². The second kappa shape index (κ2) is 6.52. The van der Waals surface area contributed by atoms with Gasteiger partial charge in [0.25, 0.3) is 0 Å². The molecule has 2 heterocycles. The molecule has 0 aliphatic carbocycles. The van der Waals surface area contributed by atoms with Crippen LogP contribution in [0.3, 0.4) is 0 Å². The predicted octanol–water partition coefficient (Wildman–Crippen LogP) is 0.984. The van der Waals surface area contributed by atoms with Gasteiger partial charge >= 0.3 is 5.69 Å². The van der Waals surface area contributed by atoms with Crippen LogP contribution < -0.4 is 17.2 Å². The van der Waals surface area contributed by atoms with Crippen LogP contribution in [0.4, 0.5) is 5.82 Å². The van der Waals surface area contributed by atoms with Crippen LogP contribution in [-0.4, -0.2) is 33.6 Å². The van der Waals surface area contributed by atoms with E-state index in [1.165, 1.54) is 10.1 Å². The van der Waals surface area contributed by atoms with Crippen molar-refractivity contribution in [3.63, 3.8) is 0 Å². The highest BCUT2D eigenvalue weighted by Crippen LogP contribution is 2.18. The zero-order valence-corrected chi connectivity index (χ0v) is 13.4. The standard InChI is InChI=1S/C17H23N5O/c1-12-10-21(8-6-15(12)18)11-13-2-4-14(5-3-13)22-9-7-16(19)20-17(22)23/h2-5,7,9,12,15H,6,8,10-11,18H2,1H3,(H2,19,20,23)/t12-,15-/m1/s1. The van der Waals surface area contributed by atoms with Crippen molar-refractivity contribution < 1.29 is 0 Å². The number of nitrogens with zero attached hydrogens (tertiary/aromatic N) is 3. The van der Waals surface area contributed by atoms with Gasteiger partial charge in [-0.15, -0.1) is 0 Å². The maximum Gasteiger partial charge on any atom is 0.354 e. The topological polar surface area (TPSA) is 90.2 Å². The van der Waals surface area contributed by atoms with E-state index in [-0.39, 0.29) is 11.5 Å². The molecule has 3 rings (SSSR count). The van der Waals surface area contributed by atoms with Crippen molar-refractivity contribution in [2.24, 2.45) is 11.7 Å². The first-order valence-corrected chi connectivity index (χ1v) is 7.95. The molecule has 1 fully saturated rings. The molecule has 0 spiro atoms. The number of hydrogen-bond acceptors (Lipinski definition) is 5. The average Bonchev–Trinajstić information content (AvgIpc) is 2.52. The highest BCUT2D eigenvalue weighted by Gasteiger charge is 2.22. The normalized spacial score (nSPS) is 22.2. The average molecular weight is 313 g/mol. The number of likely N-dealkylation sites (tertiary alicyclic amines) is 1. The second-order valence-electron chi connectivity index (χ2n) is 6.34. The molecule has 2 aromatic rings. The van der Waals surface area contributed by atoms with Crippen molar-refractivity contribution in [2.75, 3.05) is 18.8 Å². The van der Waals surface area contributed by atoms with Gasteiger partial charge in [0.2, 0.25) is 0 Å². The molecule has 1 aliphatic heterocycles. The number of aromatic nitrogens is 2. The van der Waals surface area contributed by atoms with Gasteiger partial charge in [-0.25, -0.2) is 4.79 Å². The molecule has 0 bridgehead atoms. The summed E-state index contributed by atoms with van der Waals surface area (Å²) in [5.74, 6) is 0.766. The lowest BCUT2D eigenvalue weighted by molar-refractivity contribution is 0.158. The Hall–Kier alpha value is -2.18. The molecule has 23 heavy (non-hydrogen) atoms. The van der Waals surface area contributed by atoms with Gasteiger partial charge in [0.05, 0.1) is 5.69 Å². The summed E-state index contributed by atoms with van der Waals surface area (Å²) >= 11 is 0. The maximum absolute atomic E-state index is 11.9. The summed E-state index contributed by atoms with van der Waals surface area (Å²) in [4.78, 5) is 18.0. The number of benzene rings is 1. The Labute approximate surface area is 135 Å². The van der Waals surface area contributed by atoms with E-state index in [4.69, 9.17) is 11.5 Å². The van der Waals surface area contributed by atoms with E-state index in [1.807, 2.05) is 12.1 Å². The monoisotopic (exact) mass is 313 g/mol. The van der Waals surface area contributed by atoms with Gasteiger partial charge in [0, 0.05) is 25.3 Å². The summed E-state index contributed by atoms with van der Waals surface area (Å²) in [6.07, 6.45) is 2.69. The van der Waals surface area contributed by atoms with Crippen LogP contribution in [0.2, 0.25) is 0 Å². The molecule has 0 saturated carbocycles. The highest BCUT2D eigenvalue weighted by atomic mass is 16.1. The van der Waals surface area contributed by atoms with E-state index in [9.17, 15) is 4.79 Å². The third kappa shape index (κ3) is 3.60. The van der Waals surface area contributed by atoms with E-state index in [2.05, 4.69) is 28.9 Å². The van der Waals surface area contributed by atoms with Crippen molar-refractivity contribution >= 4 is 5.82 Å². The Morgan fingerprint density at radius 1 is 1.26 bits per heavy atom. The molecule has 0 amide bonds. The molecule has 6 nitrogen and oxygen atoms in total. The van der Waals surface area contributed by atoms with Gasteiger partial charge in [0.1, 0.15) is 5.82 Å². The molecule has 4 N–H and O–H groups in total. The van der Waals surface area contributed by atoms with Crippen molar-refractivity contribution in [2.45, 2.75) is 25.9 Å². The minimum atomic E-state index is -0.364. The highest BCUT2D eigenvalue weighted by molar-refractivity contribution is 5.36. The lowest BCUT2D eigenvalue weighted by atomic mass is 9.94. The molecule has 0 radical (unpaired) electrons. The molecule has 1 aromatic carbocycles. The number of piperidine rings is 1. The van der Waals surface area contributed by atoms with Crippen molar-refractivity contribution in [1.29, 1.82) is 0 Å². The smallest absolute Gasteiger partial charge is 0.354 e. The minimum Gasteiger partial charge on any atom is -0.383 e. The zero-order valence-electron chi connectivity index (χ0n) is 13.4. The fourth-order valence-corrected chi connectivity index (χ4v) is 3.03. The van der Waals surface area contributed by atoms with Crippen LogP contribution >= 0.6 is 0 Å². The molecule has 6 heteroatoms. The Bertz CT molecular complexity index is 725. The molecular formula is C17H23N5O. The molecule has 2 atom stereocenters. The van der Waals surface area contributed by atoms with Crippen LogP contribution in [0, 0.1) is 5.92 Å². The van der Waals surface area contributed by atoms with E-state index >= 15 is 0 Å². The molecule has 1 aromatic heterocycles. The van der Waals surface area contributed by atoms with Crippen LogP contribution in [0.15, 0.2) is 41.3 Å². The Kier molecular flexibility index (Phi) is 4.45. The fraction of sp³-hybridized carbons (Fsp3) is 0.412. The number of nitrogens with two attached hydrogens (primary N) is 2. The summed E-state index contributed by atoms with van der Waals surface area (Å²) in [5.41, 5.74) is 13.2. The zero-order chi connectivity index (χ0) is 16.4. The van der Waals surface area contributed by atoms with E-state index in [1.54, 1.807) is 12.3 Å². The first-order chi connectivity index (χ1) is 11.0. The Balaban J connectivity index is 1.71. The summed E-state index contributed by atoms with van der Waals surface area (Å²) in [6, 6.07) is 9.92. The quantitative estimate of drug-likeness (QED) is 0.881. The summed E-state index contributed by atoms with van der Waals surface area (Å²) in [6.45, 7) is 5.19. The van der Waals surface area contributed by atoms with Crippen molar-refractivity contribution in [1.82, 2.24) is 14.5 Å². The summed E-state index contributed by atoms with van der Waals surface area (Å²) < 4.78 is 1.49. The van der Waals surface area contributed by atoms with E-state index in [0.29, 0.717) is 12.0 Å². The van der Waals surface area contributed by atoms with Crippen LogP contribution in [0.25, 0.3) is 5.69 Å². The van der Waals surface area contributed by atoms with Crippen LogP contribution in [0.1, 0.15) is 18.9 Å². The number of rotatable bonds is 3. The maximum atomic E-state index is 11.9. The predicted molar refractivity (Wildman–Crippen MR) is 91.3 cm³/mol. The van der Waals surface area contributed by atoms with Gasteiger partial charge in [-0.3, -0.25) is 9.47 Å². The second-order valence-corrected chi connectivity index (χ2v) is 6.34. The van der Waals surface area contributed by atoms with Crippen LogP contribution in [0.5, 0.6) is 0 Å².